The van der Waals surface area contributed by atoms with E-state index in [0.717, 1.165) is 24.5 Å². The zero-order valence-corrected chi connectivity index (χ0v) is 8.67. The average Bonchev–Trinajstić information content (AvgIpc) is 3.03. The summed E-state index contributed by atoms with van der Waals surface area (Å²) in [6.45, 7) is 2.65. The summed E-state index contributed by atoms with van der Waals surface area (Å²) < 4.78 is 0. The van der Waals surface area contributed by atoms with Gasteiger partial charge in [-0.05, 0) is 24.3 Å². The highest BCUT2D eigenvalue weighted by molar-refractivity contribution is 5.54. The maximum Gasteiger partial charge on any atom is 0.105 e. The Hall–Kier alpha value is -1.34. The van der Waals surface area contributed by atoms with Gasteiger partial charge in [0.15, 0.2) is 0 Å². The van der Waals surface area contributed by atoms with Gasteiger partial charge in [0.05, 0.1) is 24.5 Å². The van der Waals surface area contributed by atoms with Crippen molar-refractivity contribution in [1.29, 1.82) is 0 Å². The number of hydrogen-bond donors (Lipinski definition) is 0. The highest BCUT2D eigenvalue weighted by Crippen LogP contribution is 2.24. The molecule has 3 rings (SSSR count). The van der Waals surface area contributed by atoms with Crippen molar-refractivity contribution in [3.05, 3.63) is 24.3 Å². The smallest absolute Gasteiger partial charge is 0.105 e. The van der Waals surface area contributed by atoms with Crippen molar-refractivity contribution in [3.8, 4) is 0 Å². The van der Waals surface area contributed by atoms with Crippen LogP contribution in [0.4, 0.5) is 11.4 Å². The zero-order valence-electron chi connectivity index (χ0n) is 8.67. The van der Waals surface area contributed by atoms with Crippen molar-refractivity contribution >= 4 is 11.4 Å². The Morgan fingerprint density at radius 3 is 1.50 bits per heavy atom. The number of anilines is 2. The predicted molar refractivity (Wildman–Crippen MR) is 55.2 cm³/mol. The molecule has 2 saturated heterocycles. The van der Waals surface area contributed by atoms with Crippen LogP contribution in [0.15, 0.2) is 24.3 Å². The second-order valence-electron chi connectivity index (χ2n) is 3.51. The van der Waals surface area contributed by atoms with Gasteiger partial charge in [-0.1, -0.05) is 0 Å². The van der Waals surface area contributed by atoms with Crippen LogP contribution in [0.3, 0.4) is 0 Å². The van der Waals surface area contributed by atoms with Crippen LogP contribution in [0, 0.1) is 0 Å². The van der Waals surface area contributed by atoms with Gasteiger partial charge in [0, 0.05) is 0 Å². The van der Waals surface area contributed by atoms with Gasteiger partial charge in [-0.3, -0.25) is 0 Å². The molecule has 86 valence electrons. The summed E-state index contributed by atoms with van der Waals surface area (Å²) in [5, 5.41) is 3.40. The van der Waals surface area contributed by atoms with Crippen molar-refractivity contribution in [2.24, 2.45) is 0 Å². The van der Waals surface area contributed by atoms with Crippen LogP contribution in [-0.2, 0) is 19.8 Å². The van der Waals surface area contributed by atoms with Crippen molar-refractivity contribution in [1.82, 2.24) is 0 Å². The summed E-state index contributed by atoms with van der Waals surface area (Å²) in [5.41, 5.74) is 1.92. The highest BCUT2D eigenvalue weighted by atomic mass is 17.3. The molecule has 0 N–H and O–H groups in total. The van der Waals surface area contributed by atoms with Crippen molar-refractivity contribution in [2.45, 2.75) is 0 Å². The quantitative estimate of drug-likeness (QED) is 0.700. The van der Waals surface area contributed by atoms with E-state index in [1.165, 1.54) is 0 Å². The predicted octanol–water partition coefficient (Wildman–Crippen LogP) is 1.05. The van der Waals surface area contributed by atoms with Crippen LogP contribution in [0.5, 0.6) is 0 Å². The third kappa shape index (κ3) is 1.83. The van der Waals surface area contributed by atoms with Gasteiger partial charge in [0.1, 0.15) is 13.2 Å². The molecule has 2 fully saturated rings. The van der Waals surface area contributed by atoms with Crippen LogP contribution in [0.2, 0.25) is 0 Å². The molecular weight excluding hydrogens is 212 g/mol. The van der Waals surface area contributed by atoms with E-state index in [1.807, 2.05) is 24.3 Å². The number of hydrogen-bond acceptors (Lipinski definition) is 6. The van der Waals surface area contributed by atoms with Crippen molar-refractivity contribution < 1.29 is 19.8 Å². The summed E-state index contributed by atoms with van der Waals surface area (Å²) >= 11 is 0. The van der Waals surface area contributed by atoms with Gasteiger partial charge in [0.25, 0.3) is 0 Å². The maximum absolute atomic E-state index is 4.97. The van der Waals surface area contributed by atoms with Crippen LogP contribution >= 0.6 is 0 Å². The van der Waals surface area contributed by atoms with E-state index in [9.17, 15) is 0 Å². The molecule has 0 spiro atoms. The Morgan fingerprint density at radius 2 is 1.19 bits per heavy atom. The minimum Gasteiger partial charge on any atom is -0.220 e. The molecule has 6 nitrogen and oxygen atoms in total. The fourth-order valence-electron chi connectivity index (χ4n) is 1.65. The second-order valence-corrected chi connectivity index (χ2v) is 3.51. The SMILES string of the molecule is c1cc(N2CCOO2)ccc1N1CCOO1. The molecule has 0 aliphatic carbocycles. The Bertz CT molecular complexity index is 309. The number of rotatable bonds is 2. The topological polar surface area (TPSA) is 43.4 Å². The van der Waals surface area contributed by atoms with Gasteiger partial charge in [-0.15, -0.1) is 9.98 Å². The monoisotopic (exact) mass is 224 g/mol. The molecule has 0 bridgehead atoms. The van der Waals surface area contributed by atoms with E-state index in [0.29, 0.717) is 13.2 Å². The zero-order chi connectivity index (χ0) is 10.8. The minimum atomic E-state index is 0.588. The van der Waals surface area contributed by atoms with E-state index in [-0.39, 0.29) is 0 Å². The third-order valence-electron chi connectivity index (χ3n) is 2.47. The molecule has 0 radical (unpaired) electrons. The number of hydroxylamine groups is 2. The van der Waals surface area contributed by atoms with Gasteiger partial charge in [-0.2, -0.15) is 0 Å². The first-order valence-electron chi connectivity index (χ1n) is 5.18. The summed E-state index contributed by atoms with van der Waals surface area (Å²) in [4.78, 5) is 19.6. The lowest BCUT2D eigenvalue weighted by atomic mass is 10.2. The van der Waals surface area contributed by atoms with Crippen LogP contribution in [-0.4, -0.2) is 26.3 Å². The molecule has 1 aromatic rings. The lowest BCUT2D eigenvalue weighted by Gasteiger charge is -2.16. The Morgan fingerprint density at radius 1 is 0.750 bits per heavy atom. The first-order valence-corrected chi connectivity index (χ1v) is 5.18. The Balaban J connectivity index is 1.73. The van der Waals surface area contributed by atoms with E-state index < -0.39 is 0 Å². The molecule has 2 heterocycles. The third-order valence-corrected chi connectivity index (χ3v) is 2.47. The molecule has 0 atom stereocenters. The summed E-state index contributed by atoms with van der Waals surface area (Å²) in [6, 6.07) is 7.80. The van der Waals surface area contributed by atoms with Crippen molar-refractivity contribution in [2.75, 3.05) is 36.4 Å². The highest BCUT2D eigenvalue weighted by Gasteiger charge is 2.17. The molecule has 0 amide bonds. The summed E-state index contributed by atoms with van der Waals surface area (Å²) in [5.74, 6) is 0. The van der Waals surface area contributed by atoms with Gasteiger partial charge >= 0.3 is 0 Å². The summed E-state index contributed by atoms with van der Waals surface area (Å²) in [6.07, 6.45) is 0. The lowest BCUT2D eigenvalue weighted by molar-refractivity contribution is -0.258. The molecule has 0 aromatic heterocycles. The maximum atomic E-state index is 4.97. The largest absolute Gasteiger partial charge is 0.220 e. The molecule has 2 aliphatic rings. The molecule has 2 aliphatic heterocycles. The molecule has 0 saturated carbocycles. The molecule has 16 heavy (non-hydrogen) atoms. The van der Waals surface area contributed by atoms with Crippen LogP contribution in [0.25, 0.3) is 0 Å². The van der Waals surface area contributed by atoms with Gasteiger partial charge in [0.2, 0.25) is 0 Å². The first kappa shape index (κ1) is 9.86. The fourth-order valence-corrected chi connectivity index (χ4v) is 1.65. The van der Waals surface area contributed by atoms with Gasteiger partial charge < -0.3 is 0 Å². The number of benzene rings is 1. The van der Waals surface area contributed by atoms with E-state index in [4.69, 9.17) is 19.8 Å². The molecule has 6 heteroatoms. The number of nitrogens with zero attached hydrogens (tertiary/aromatic N) is 2. The minimum absolute atomic E-state index is 0.588. The molecular formula is C10H12N2O4. The van der Waals surface area contributed by atoms with E-state index in [1.54, 1.807) is 10.1 Å². The standard InChI is InChI=1S/C10H12N2O4/c1-2-10(12-6-8-14-16-12)4-3-9(1)11-5-7-13-15-11/h1-4H,5-8H2. The first-order chi connectivity index (χ1) is 7.93. The summed E-state index contributed by atoms with van der Waals surface area (Å²) in [7, 11) is 0. The van der Waals surface area contributed by atoms with Gasteiger partial charge in [-0.25, -0.2) is 19.9 Å². The normalized spacial score (nSPS) is 20.8. The second kappa shape index (κ2) is 4.26. The molecule has 1 aromatic carbocycles. The Labute approximate surface area is 92.6 Å². The van der Waals surface area contributed by atoms with Crippen LogP contribution < -0.4 is 10.1 Å². The van der Waals surface area contributed by atoms with E-state index >= 15 is 0 Å². The van der Waals surface area contributed by atoms with Crippen molar-refractivity contribution in [3.63, 3.8) is 0 Å². The molecule has 0 unspecified atom stereocenters. The lowest BCUT2D eigenvalue weighted by Crippen LogP contribution is -2.18. The van der Waals surface area contributed by atoms with Crippen LogP contribution in [0.1, 0.15) is 0 Å². The average molecular weight is 224 g/mol. The fraction of sp³-hybridized carbons (Fsp3) is 0.400. The van der Waals surface area contributed by atoms with E-state index in [2.05, 4.69) is 0 Å². The Kier molecular flexibility index (Phi) is 2.63.